The van der Waals surface area contributed by atoms with Crippen molar-refractivity contribution < 1.29 is 36.3 Å². The third-order valence-electron chi connectivity index (χ3n) is 7.54. The molecule has 40 heavy (non-hydrogen) atoms. The van der Waals surface area contributed by atoms with Crippen molar-refractivity contribution in [3.05, 3.63) is 71.1 Å². The first-order chi connectivity index (χ1) is 19.0. The zero-order valence-corrected chi connectivity index (χ0v) is 22.9. The molecular weight excluding hydrogens is 565 g/mol. The molecule has 1 saturated carbocycles. The molecule has 0 spiro atoms. The van der Waals surface area contributed by atoms with Crippen molar-refractivity contribution in [2.45, 2.75) is 49.2 Å². The number of amides is 1. The lowest BCUT2D eigenvalue weighted by atomic mass is 9.82. The van der Waals surface area contributed by atoms with E-state index in [0.717, 1.165) is 65.4 Å². The average Bonchev–Trinajstić information content (AvgIpc) is 3.38. The van der Waals surface area contributed by atoms with Crippen LogP contribution >= 0.6 is 11.3 Å². The first-order valence-corrected chi connectivity index (χ1v) is 15.1. The van der Waals surface area contributed by atoms with Crippen LogP contribution in [0.3, 0.4) is 0 Å². The van der Waals surface area contributed by atoms with Gasteiger partial charge in [0, 0.05) is 11.4 Å². The number of hydrogen-bond acceptors (Lipinski definition) is 5. The van der Waals surface area contributed by atoms with Crippen molar-refractivity contribution in [2.75, 3.05) is 18.0 Å². The number of benzene rings is 2. The highest BCUT2D eigenvalue weighted by Crippen LogP contribution is 2.42. The predicted octanol–water partition coefficient (Wildman–Crippen LogP) is 6.12. The molecule has 2 heterocycles. The quantitative estimate of drug-likeness (QED) is 0.372. The Hall–Kier alpha value is -3.22. The molecule has 1 amide bonds. The van der Waals surface area contributed by atoms with Crippen LogP contribution in [0, 0.1) is 5.92 Å². The largest absolute Gasteiger partial charge is 0.477 e. The van der Waals surface area contributed by atoms with Gasteiger partial charge in [0.05, 0.1) is 28.7 Å². The topological polar surface area (TPSA) is 95.0 Å². The van der Waals surface area contributed by atoms with E-state index < -0.39 is 46.2 Å². The summed E-state index contributed by atoms with van der Waals surface area (Å²) in [6, 6.07) is 13.5. The van der Waals surface area contributed by atoms with Gasteiger partial charge < -0.3 is 10.0 Å². The van der Waals surface area contributed by atoms with Crippen LogP contribution < -0.4 is 4.90 Å². The number of anilines is 1. The van der Waals surface area contributed by atoms with Gasteiger partial charge in [0.1, 0.15) is 4.88 Å². The van der Waals surface area contributed by atoms with Gasteiger partial charge in [0.25, 0.3) is 0 Å². The van der Waals surface area contributed by atoms with Crippen LogP contribution in [0.2, 0.25) is 0 Å². The first kappa shape index (κ1) is 28.3. The van der Waals surface area contributed by atoms with Gasteiger partial charge in [0.2, 0.25) is 15.9 Å². The van der Waals surface area contributed by atoms with Crippen molar-refractivity contribution in [1.29, 1.82) is 0 Å². The summed E-state index contributed by atoms with van der Waals surface area (Å²) in [7, 11) is -4.29. The van der Waals surface area contributed by atoms with Gasteiger partial charge in [-0.25, -0.2) is 13.2 Å². The number of piperazine rings is 1. The zero-order valence-electron chi connectivity index (χ0n) is 21.3. The minimum Gasteiger partial charge on any atom is -0.477 e. The lowest BCUT2D eigenvalue weighted by Gasteiger charge is -2.44. The minimum absolute atomic E-state index is 0.00735. The summed E-state index contributed by atoms with van der Waals surface area (Å²) in [6.07, 6.45) is -0.293. The summed E-state index contributed by atoms with van der Waals surface area (Å²) >= 11 is 1.05. The fraction of sp³-hybridized carbons (Fsp3) is 0.357. The van der Waals surface area contributed by atoms with Crippen molar-refractivity contribution in [1.82, 2.24) is 4.31 Å². The van der Waals surface area contributed by atoms with Gasteiger partial charge in [-0.15, -0.1) is 11.3 Å². The summed E-state index contributed by atoms with van der Waals surface area (Å²) in [5, 5.41) is 10.0. The minimum atomic E-state index is -4.61. The van der Waals surface area contributed by atoms with Crippen molar-refractivity contribution in [3.63, 3.8) is 0 Å². The fourth-order valence-corrected chi connectivity index (χ4v) is 7.97. The standard InChI is InChI=1S/C28H27F3N2O5S2/c29-28(30,31)20-11-13-21(14-12-20)40(37,38)32-16-23(18-7-3-1-4-8-18)33(25(34)17-32)22-15-24(39-26(22)27(35)36)19-9-5-2-6-10-19/h2,5-6,9-15,18,23H,1,3-4,7-8,16-17H2,(H,35,36). The van der Waals surface area contributed by atoms with Crippen LogP contribution in [0.5, 0.6) is 0 Å². The molecule has 212 valence electrons. The Morgan fingerprint density at radius 3 is 2.23 bits per heavy atom. The maximum atomic E-state index is 13.7. The van der Waals surface area contributed by atoms with E-state index in [9.17, 15) is 36.3 Å². The smallest absolute Gasteiger partial charge is 0.416 e. The number of carboxylic acid groups (broad SMARTS) is 1. The molecule has 1 saturated heterocycles. The van der Waals surface area contributed by atoms with Crippen LogP contribution in [-0.4, -0.2) is 48.8 Å². The highest BCUT2D eigenvalue weighted by Gasteiger charge is 2.44. The number of thiophene rings is 1. The van der Waals surface area contributed by atoms with Gasteiger partial charge >= 0.3 is 12.1 Å². The Bertz CT molecular complexity index is 1500. The number of hydrogen-bond donors (Lipinski definition) is 1. The molecule has 2 fully saturated rings. The number of alkyl halides is 3. The second-order valence-electron chi connectivity index (χ2n) is 10.0. The molecule has 5 rings (SSSR count). The van der Waals surface area contributed by atoms with E-state index in [1.165, 1.54) is 4.90 Å². The predicted molar refractivity (Wildman–Crippen MR) is 145 cm³/mol. The number of rotatable bonds is 6. The van der Waals surface area contributed by atoms with E-state index >= 15 is 0 Å². The molecule has 1 aliphatic carbocycles. The Morgan fingerprint density at radius 2 is 1.62 bits per heavy atom. The summed E-state index contributed by atoms with van der Waals surface area (Å²) in [4.78, 5) is 27.8. The normalized spacial score (nSPS) is 19.6. The number of carbonyl (C=O) groups is 2. The van der Waals surface area contributed by atoms with Gasteiger partial charge in [-0.1, -0.05) is 49.6 Å². The molecule has 1 unspecified atom stereocenters. The molecule has 1 N–H and O–H groups in total. The molecule has 0 radical (unpaired) electrons. The number of halogens is 3. The Morgan fingerprint density at radius 1 is 0.975 bits per heavy atom. The SMILES string of the molecule is O=C(O)c1sc(-c2ccccc2)cc1N1C(=O)CN(S(=O)(=O)c2ccc(C(F)(F)F)cc2)CC1C1CCCCC1. The van der Waals surface area contributed by atoms with E-state index in [2.05, 4.69) is 0 Å². The Balaban J connectivity index is 1.53. The monoisotopic (exact) mass is 592 g/mol. The Labute approximate surface area is 233 Å². The third-order valence-corrected chi connectivity index (χ3v) is 10.5. The molecule has 2 aliphatic rings. The third kappa shape index (κ3) is 5.52. The van der Waals surface area contributed by atoms with E-state index in [1.54, 1.807) is 6.07 Å². The second kappa shape index (κ2) is 11.0. The number of carbonyl (C=O) groups excluding carboxylic acids is 1. The van der Waals surface area contributed by atoms with E-state index in [1.807, 2.05) is 30.3 Å². The van der Waals surface area contributed by atoms with Crippen LogP contribution in [0.25, 0.3) is 10.4 Å². The molecule has 3 aromatic rings. The Kier molecular flexibility index (Phi) is 7.77. The van der Waals surface area contributed by atoms with Crippen LogP contribution in [-0.2, 0) is 21.0 Å². The van der Waals surface area contributed by atoms with Crippen LogP contribution in [0.1, 0.15) is 47.3 Å². The fourth-order valence-electron chi connectivity index (χ4n) is 5.56. The van der Waals surface area contributed by atoms with Crippen molar-refractivity contribution in [3.8, 4) is 10.4 Å². The highest BCUT2D eigenvalue weighted by atomic mass is 32.2. The lowest BCUT2D eigenvalue weighted by molar-refractivity contribution is -0.137. The molecule has 0 bridgehead atoms. The van der Waals surface area contributed by atoms with Crippen molar-refractivity contribution in [2.24, 2.45) is 5.92 Å². The molecule has 7 nitrogen and oxygen atoms in total. The molecular formula is C28H27F3N2O5S2. The van der Waals surface area contributed by atoms with E-state index in [-0.39, 0.29) is 27.9 Å². The molecule has 1 aliphatic heterocycles. The van der Waals surface area contributed by atoms with E-state index in [4.69, 9.17) is 0 Å². The van der Waals surface area contributed by atoms with Crippen molar-refractivity contribution >= 4 is 38.9 Å². The second-order valence-corrected chi connectivity index (χ2v) is 13.0. The van der Waals surface area contributed by atoms with Crippen LogP contribution in [0.15, 0.2) is 65.6 Å². The maximum Gasteiger partial charge on any atom is 0.416 e. The van der Waals surface area contributed by atoms with Gasteiger partial charge in [-0.3, -0.25) is 4.79 Å². The number of aromatic carboxylic acids is 1. The molecule has 12 heteroatoms. The number of sulfonamides is 1. The van der Waals surface area contributed by atoms with Gasteiger partial charge in [-0.05, 0) is 54.7 Å². The molecule has 2 aromatic carbocycles. The molecule has 1 atom stereocenters. The summed E-state index contributed by atoms with van der Waals surface area (Å²) in [6.45, 7) is -0.641. The van der Waals surface area contributed by atoms with Gasteiger partial charge in [-0.2, -0.15) is 17.5 Å². The first-order valence-electron chi connectivity index (χ1n) is 12.9. The zero-order chi connectivity index (χ0) is 28.7. The number of nitrogens with zero attached hydrogens (tertiary/aromatic N) is 2. The summed E-state index contributed by atoms with van der Waals surface area (Å²) in [5.74, 6) is -1.82. The van der Waals surface area contributed by atoms with E-state index in [0.29, 0.717) is 17.0 Å². The number of carboxylic acids is 1. The highest BCUT2D eigenvalue weighted by molar-refractivity contribution is 7.89. The maximum absolute atomic E-state index is 13.7. The molecule has 1 aromatic heterocycles. The average molecular weight is 593 g/mol. The van der Waals surface area contributed by atoms with Gasteiger partial charge in [0.15, 0.2) is 0 Å². The van der Waals surface area contributed by atoms with Crippen LogP contribution in [0.4, 0.5) is 18.9 Å². The lowest BCUT2D eigenvalue weighted by Crippen LogP contribution is -2.60. The summed E-state index contributed by atoms with van der Waals surface area (Å²) < 4.78 is 67.1. The summed E-state index contributed by atoms with van der Waals surface area (Å²) in [5.41, 5.74) is 0.0650.